The van der Waals surface area contributed by atoms with E-state index < -0.39 is 12.1 Å². The molecule has 1 aromatic heterocycles. The Morgan fingerprint density at radius 3 is 2.41 bits per heavy atom. The monoisotopic (exact) mass is 375 g/mol. The van der Waals surface area contributed by atoms with E-state index in [4.69, 9.17) is 4.42 Å². The minimum absolute atomic E-state index is 0.0138. The van der Waals surface area contributed by atoms with Crippen molar-refractivity contribution in [2.75, 3.05) is 13.1 Å². The Morgan fingerprint density at radius 1 is 1.04 bits per heavy atom. The van der Waals surface area contributed by atoms with Crippen LogP contribution < -0.4 is 0 Å². The van der Waals surface area contributed by atoms with Crippen LogP contribution >= 0.6 is 0 Å². The van der Waals surface area contributed by atoms with Crippen molar-refractivity contribution in [2.45, 2.75) is 24.9 Å². The fourth-order valence-corrected chi connectivity index (χ4v) is 3.35. The summed E-state index contributed by atoms with van der Waals surface area (Å²) in [5.41, 5.74) is 0.601. The van der Waals surface area contributed by atoms with Gasteiger partial charge in [0.25, 0.3) is 5.91 Å². The van der Waals surface area contributed by atoms with Crippen molar-refractivity contribution in [3.8, 4) is 0 Å². The van der Waals surface area contributed by atoms with Crippen LogP contribution in [-0.4, -0.2) is 34.1 Å². The standard InChI is InChI=1S/C19H16F3N3O2/c20-19(21,22)18-24-23-16(27-18)13-7-9-25(10-8-13)17(26)15-6-5-12-3-1-2-4-14(12)11-15/h1-6,11,13H,7-10H2. The van der Waals surface area contributed by atoms with Gasteiger partial charge in [-0.1, -0.05) is 30.3 Å². The quantitative estimate of drug-likeness (QED) is 0.672. The number of carbonyl (C=O) groups excluding carboxylic acids is 1. The van der Waals surface area contributed by atoms with Crippen LogP contribution in [0.25, 0.3) is 10.8 Å². The van der Waals surface area contributed by atoms with E-state index in [0.29, 0.717) is 31.5 Å². The SMILES string of the molecule is O=C(c1ccc2ccccc2c1)N1CCC(c2nnc(C(F)(F)F)o2)CC1. The summed E-state index contributed by atoms with van der Waals surface area (Å²) in [7, 11) is 0. The predicted octanol–water partition coefficient (Wildman–Crippen LogP) is 4.26. The van der Waals surface area contributed by atoms with E-state index in [-0.39, 0.29) is 17.7 Å². The number of piperidine rings is 1. The number of amides is 1. The average Bonchev–Trinajstić information content (AvgIpc) is 3.18. The third kappa shape index (κ3) is 3.51. The number of alkyl halides is 3. The molecule has 5 nitrogen and oxygen atoms in total. The second kappa shape index (κ2) is 6.68. The van der Waals surface area contributed by atoms with Gasteiger partial charge in [-0.05, 0) is 35.7 Å². The highest BCUT2D eigenvalue weighted by molar-refractivity contribution is 5.98. The molecule has 1 fully saturated rings. The minimum atomic E-state index is -4.64. The molecule has 3 aromatic rings. The number of hydrogen-bond acceptors (Lipinski definition) is 4. The number of aromatic nitrogens is 2. The van der Waals surface area contributed by atoms with E-state index in [0.717, 1.165) is 10.8 Å². The van der Waals surface area contributed by atoms with E-state index in [1.165, 1.54) is 0 Å². The molecule has 0 saturated carbocycles. The first-order chi connectivity index (χ1) is 12.9. The lowest BCUT2D eigenvalue weighted by Crippen LogP contribution is -2.38. The molecule has 1 aliphatic rings. The highest BCUT2D eigenvalue weighted by Gasteiger charge is 2.39. The number of halogens is 3. The summed E-state index contributed by atoms with van der Waals surface area (Å²) in [6.07, 6.45) is -3.67. The fraction of sp³-hybridized carbons (Fsp3) is 0.316. The van der Waals surface area contributed by atoms with E-state index in [1.807, 2.05) is 36.4 Å². The molecule has 1 amide bonds. The maximum atomic E-state index is 12.7. The van der Waals surface area contributed by atoms with E-state index >= 15 is 0 Å². The van der Waals surface area contributed by atoms with Gasteiger partial charge in [0.1, 0.15) is 0 Å². The van der Waals surface area contributed by atoms with Crippen LogP contribution in [0, 0.1) is 0 Å². The van der Waals surface area contributed by atoms with Crippen LogP contribution in [-0.2, 0) is 6.18 Å². The zero-order chi connectivity index (χ0) is 19.0. The zero-order valence-electron chi connectivity index (χ0n) is 14.2. The number of hydrogen-bond donors (Lipinski definition) is 0. The van der Waals surface area contributed by atoms with Gasteiger partial charge < -0.3 is 9.32 Å². The van der Waals surface area contributed by atoms with Crippen LogP contribution in [0.3, 0.4) is 0 Å². The number of rotatable bonds is 2. The Bertz CT molecular complexity index is 975. The molecule has 0 unspecified atom stereocenters. The Morgan fingerprint density at radius 2 is 1.74 bits per heavy atom. The largest absolute Gasteiger partial charge is 0.470 e. The average molecular weight is 375 g/mol. The van der Waals surface area contributed by atoms with Gasteiger partial charge in [0.05, 0.1) is 0 Å². The van der Waals surface area contributed by atoms with Crippen LogP contribution in [0.2, 0.25) is 0 Å². The smallest absolute Gasteiger partial charge is 0.417 e. The summed E-state index contributed by atoms with van der Waals surface area (Å²) in [6.45, 7) is 0.861. The Labute approximate surface area is 152 Å². The van der Waals surface area contributed by atoms with Crippen molar-refractivity contribution in [3.63, 3.8) is 0 Å². The highest BCUT2D eigenvalue weighted by Crippen LogP contribution is 2.32. The number of likely N-dealkylation sites (tertiary alicyclic amines) is 1. The lowest BCUT2D eigenvalue weighted by Gasteiger charge is -2.30. The van der Waals surface area contributed by atoms with Crippen molar-refractivity contribution >= 4 is 16.7 Å². The van der Waals surface area contributed by atoms with Crippen LogP contribution in [0.15, 0.2) is 46.9 Å². The van der Waals surface area contributed by atoms with Gasteiger partial charge in [-0.25, -0.2) is 0 Å². The molecule has 2 heterocycles. The Hall–Kier alpha value is -2.90. The minimum Gasteiger partial charge on any atom is -0.417 e. The molecule has 8 heteroatoms. The first-order valence-electron chi connectivity index (χ1n) is 8.60. The summed E-state index contributed by atoms with van der Waals surface area (Å²) >= 11 is 0. The molecule has 0 N–H and O–H groups in total. The Balaban J connectivity index is 1.43. The molecule has 0 radical (unpaired) electrons. The molecule has 0 atom stereocenters. The van der Waals surface area contributed by atoms with Crippen LogP contribution in [0.4, 0.5) is 13.2 Å². The third-order valence-corrected chi connectivity index (χ3v) is 4.81. The first-order valence-corrected chi connectivity index (χ1v) is 8.60. The molecule has 0 aliphatic carbocycles. The predicted molar refractivity (Wildman–Crippen MR) is 91.1 cm³/mol. The second-order valence-corrected chi connectivity index (χ2v) is 6.57. The molecular weight excluding hydrogens is 359 g/mol. The topological polar surface area (TPSA) is 59.2 Å². The normalized spacial score (nSPS) is 16.0. The van der Waals surface area contributed by atoms with Crippen LogP contribution in [0.5, 0.6) is 0 Å². The van der Waals surface area contributed by atoms with Gasteiger partial charge in [0.15, 0.2) is 0 Å². The van der Waals surface area contributed by atoms with E-state index in [1.54, 1.807) is 11.0 Å². The van der Waals surface area contributed by atoms with Gasteiger partial charge in [-0.15, -0.1) is 10.2 Å². The van der Waals surface area contributed by atoms with Gasteiger partial charge >= 0.3 is 12.1 Å². The van der Waals surface area contributed by atoms with Crippen molar-refractivity contribution in [2.24, 2.45) is 0 Å². The molecule has 140 valence electrons. The van der Waals surface area contributed by atoms with Crippen molar-refractivity contribution in [1.29, 1.82) is 0 Å². The van der Waals surface area contributed by atoms with E-state index in [2.05, 4.69) is 10.2 Å². The fourth-order valence-electron chi connectivity index (χ4n) is 3.35. The third-order valence-electron chi connectivity index (χ3n) is 4.81. The molecule has 1 saturated heterocycles. The molecule has 1 aliphatic heterocycles. The van der Waals surface area contributed by atoms with Gasteiger partial charge in [-0.3, -0.25) is 4.79 Å². The Kier molecular flexibility index (Phi) is 4.33. The lowest BCUT2D eigenvalue weighted by atomic mass is 9.96. The lowest BCUT2D eigenvalue weighted by molar-refractivity contribution is -0.157. The number of fused-ring (bicyclic) bond motifs is 1. The molecule has 0 bridgehead atoms. The van der Waals surface area contributed by atoms with E-state index in [9.17, 15) is 18.0 Å². The maximum absolute atomic E-state index is 12.7. The maximum Gasteiger partial charge on any atom is 0.470 e. The van der Waals surface area contributed by atoms with Gasteiger partial charge in [0.2, 0.25) is 5.89 Å². The molecule has 4 rings (SSSR count). The summed E-state index contributed by atoms with van der Waals surface area (Å²) in [5.74, 6) is -1.69. The molecule has 0 spiro atoms. The summed E-state index contributed by atoms with van der Waals surface area (Å²) in [4.78, 5) is 14.5. The van der Waals surface area contributed by atoms with Crippen molar-refractivity contribution in [3.05, 3.63) is 59.8 Å². The number of benzene rings is 2. The number of nitrogens with zero attached hydrogens (tertiary/aromatic N) is 3. The van der Waals surface area contributed by atoms with Crippen molar-refractivity contribution in [1.82, 2.24) is 15.1 Å². The summed E-state index contributed by atoms with van der Waals surface area (Å²) in [5, 5.41) is 8.65. The number of carbonyl (C=O) groups is 1. The summed E-state index contributed by atoms with van der Waals surface area (Å²) in [6, 6.07) is 13.4. The zero-order valence-corrected chi connectivity index (χ0v) is 14.2. The van der Waals surface area contributed by atoms with Gasteiger partial charge in [-0.2, -0.15) is 13.2 Å². The first kappa shape index (κ1) is 17.5. The van der Waals surface area contributed by atoms with Crippen LogP contribution in [0.1, 0.15) is 40.9 Å². The highest BCUT2D eigenvalue weighted by atomic mass is 19.4. The molecule has 2 aromatic carbocycles. The summed E-state index contributed by atoms with van der Waals surface area (Å²) < 4.78 is 42.5. The molecule has 27 heavy (non-hydrogen) atoms. The molecular formula is C19H16F3N3O2. The second-order valence-electron chi connectivity index (χ2n) is 6.57. The van der Waals surface area contributed by atoms with Crippen molar-refractivity contribution < 1.29 is 22.4 Å². The van der Waals surface area contributed by atoms with Gasteiger partial charge in [0, 0.05) is 24.6 Å².